The molecule has 0 nitrogen and oxygen atoms in total. The largest absolute Gasteiger partial charge is 0.0844 e. The molecule has 0 bridgehead atoms. The zero-order valence-electron chi connectivity index (χ0n) is 8.52. The molecule has 1 aliphatic carbocycles. The van der Waals surface area contributed by atoms with Gasteiger partial charge in [0.05, 0.1) is 0 Å². The molecule has 0 aliphatic heterocycles. The summed E-state index contributed by atoms with van der Waals surface area (Å²) in [5.41, 5.74) is 0. The van der Waals surface area contributed by atoms with Gasteiger partial charge in [-0.1, -0.05) is 54.7 Å². The summed E-state index contributed by atoms with van der Waals surface area (Å²) in [5.74, 6) is 0. The highest BCUT2D eigenvalue weighted by Gasteiger charge is 1.77. The van der Waals surface area contributed by atoms with Gasteiger partial charge >= 0.3 is 0 Å². The molecule has 0 aromatic carbocycles. The third-order valence-electron chi connectivity index (χ3n) is 1.90. The van der Waals surface area contributed by atoms with Gasteiger partial charge in [0.25, 0.3) is 0 Å². The SMILES string of the molecule is [C]1=C/C/C=C\C\C=C/C=C/C=C\CC/1. The van der Waals surface area contributed by atoms with Gasteiger partial charge in [-0.2, -0.15) is 0 Å². The van der Waals surface area contributed by atoms with Crippen LogP contribution in [0.25, 0.3) is 0 Å². The summed E-state index contributed by atoms with van der Waals surface area (Å²) >= 11 is 0. The van der Waals surface area contributed by atoms with E-state index in [0.717, 1.165) is 25.7 Å². The molecule has 0 heteroatoms. The molecule has 1 aliphatic rings. The fourth-order valence-corrected chi connectivity index (χ4v) is 1.15. The maximum Gasteiger partial charge on any atom is -0.0163 e. The Kier molecular flexibility index (Phi) is 6.39. The Hall–Kier alpha value is -1.30. The topological polar surface area (TPSA) is 0 Å². The van der Waals surface area contributed by atoms with Crippen LogP contribution in [-0.4, -0.2) is 0 Å². The van der Waals surface area contributed by atoms with Gasteiger partial charge in [0.15, 0.2) is 0 Å². The molecular weight excluding hydrogens is 168 g/mol. The van der Waals surface area contributed by atoms with Crippen molar-refractivity contribution in [2.45, 2.75) is 25.7 Å². The van der Waals surface area contributed by atoms with Gasteiger partial charge in [0.2, 0.25) is 0 Å². The van der Waals surface area contributed by atoms with Gasteiger partial charge in [-0.15, -0.1) is 0 Å². The molecule has 73 valence electrons. The Labute approximate surface area is 87.0 Å². The number of hydrogen-bond acceptors (Lipinski definition) is 0. The first-order valence-electron chi connectivity index (χ1n) is 5.18. The summed E-state index contributed by atoms with van der Waals surface area (Å²) in [6, 6.07) is 0. The van der Waals surface area contributed by atoms with E-state index >= 15 is 0 Å². The smallest absolute Gasteiger partial charge is 0.0163 e. The van der Waals surface area contributed by atoms with Crippen LogP contribution in [0.5, 0.6) is 0 Å². The van der Waals surface area contributed by atoms with Crippen LogP contribution in [0.1, 0.15) is 25.7 Å². The third-order valence-corrected chi connectivity index (χ3v) is 1.90. The number of allylic oxidation sites excluding steroid dienone is 10. The van der Waals surface area contributed by atoms with E-state index in [2.05, 4.69) is 60.8 Å². The second-order valence-corrected chi connectivity index (χ2v) is 3.13. The fraction of sp³-hybridized carbons (Fsp3) is 0.286. The molecule has 0 heterocycles. The van der Waals surface area contributed by atoms with Crippen molar-refractivity contribution in [3.05, 3.63) is 60.8 Å². The zero-order chi connectivity index (χ0) is 9.90. The molecule has 0 fully saturated rings. The summed E-state index contributed by atoms with van der Waals surface area (Å²) in [7, 11) is 0. The fourth-order valence-electron chi connectivity index (χ4n) is 1.15. The molecule has 14 heavy (non-hydrogen) atoms. The molecule has 0 aromatic rings. The molecule has 0 amide bonds. The van der Waals surface area contributed by atoms with Crippen LogP contribution in [-0.2, 0) is 0 Å². The van der Waals surface area contributed by atoms with Crippen molar-refractivity contribution in [2.24, 2.45) is 0 Å². The summed E-state index contributed by atoms with van der Waals surface area (Å²) in [6.45, 7) is 0. The first-order chi connectivity index (χ1) is 7.00. The van der Waals surface area contributed by atoms with Gasteiger partial charge in [-0.25, -0.2) is 0 Å². The van der Waals surface area contributed by atoms with Gasteiger partial charge < -0.3 is 0 Å². The van der Waals surface area contributed by atoms with Crippen molar-refractivity contribution in [3.8, 4) is 0 Å². The van der Waals surface area contributed by atoms with Gasteiger partial charge in [-0.3, -0.25) is 0 Å². The molecule has 0 unspecified atom stereocenters. The van der Waals surface area contributed by atoms with Crippen molar-refractivity contribution < 1.29 is 0 Å². The van der Waals surface area contributed by atoms with Crippen molar-refractivity contribution in [1.29, 1.82) is 0 Å². The molecule has 0 atom stereocenters. The summed E-state index contributed by atoms with van der Waals surface area (Å²) in [4.78, 5) is 0. The van der Waals surface area contributed by atoms with Crippen molar-refractivity contribution in [3.63, 3.8) is 0 Å². The van der Waals surface area contributed by atoms with Crippen LogP contribution < -0.4 is 0 Å². The predicted molar refractivity (Wildman–Crippen MR) is 62.8 cm³/mol. The minimum Gasteiger partial charge on any atom is -0.0844 e. The Balaban J connectivity index is 2.45. The average Bonchev–Trinajstić information content (AvgIpc) is 2.22. The standard InChI is InChI=1S/C14H17/c1-2-4-6-8-10-12-14-13-11-9-7-5-3-1/h1-6,9,11,14H,7-8,10,13H2/b2-1+,5-3-,6-4-,11-9-,14-12?. The van der Waals surface area contributed by atoms with Gasteiger partial charge in [-0.05, 0) is 31.8 Å². The van der Waals surface area contributed by atoms with Gasteiger partial charge in [0, 0.05) is 0 Å². The van der Waals surface area contributed by atoms with E-state index in [-0.39, 0.29) is 0 Å². The number of hydrogen-bond donors (Lipinski definition) is 0. The first-order valence-corrected chi connectivity index (χ1v) is 5.18. The lowest BCUT2D eigenvalue weighted by Gasteiger charge is -1.86. The number of rotatable bonds is 0. The Morgan fingerprint density at radius 3 is 2.43 bits per heavy atom. The summed E-state index contributed by atoms with van der Waals surface area (Å²) in [5, 5.41) is 0. The van der Waals surface area contributed by atoms with E-state index in [1.807, 2.05) is 0 Å². The molecule has 1 rings (SSSR count). The summed E-state index contributed by atoms with van der Waals surface area (Å²) < 4.78 is 0. The quantitative estimate of drug-likeness (QED) is 0.497. The van der Waals surface area contributed by atoms with E-state index < -0.39 is 0 Å². The van der Waals surface area contributed by atoms with Crippen LogP contribution in [0.3, 0.4) is 0 Å². The lowest BCUT2D eigenvalue weighted by atomic mass is 10.2. The van der Waals surface area contributed by atoms with E-state index in [9.17, 15) is 0 Å². The van der Waals surface area contributed by atoms with Crippen LogP contribution >= 0.6 is 0 Å². The average molecular weight is 185 g/mol. The summed E-state index contributed by atoms with van der Waals surface area (Å²) in [6.07, 6.45) is 26.5. The third kappa shape index (κ3) is 6.24. The minimum absolute atomic E-state index is 1.01. The van der Waals surface area contributed by atoms with E-state index in [1.54, 1.807) is 0 Å². The second kappa shape index (κ2) is 8.31. The Morgan fingerprint density at radius 2 is 1.50 bits per heavy atom. The van der Waals surface area contributed by atoms with E-state index in [0.29, 0.717) is 0 Å². The first kappa shape index (κ1) is 10.8. The highest BCUT2D eigenvalue weighted by molar-refractivity contribution is 5.12. The lowest BCUT2D eigenvalue weighted by Crippen LogP contribution is -1.67. The predicted octanol–water partition coefficient (Wildman–Crippen LogP) is 4.14. The van der Waals surface area contributed by atoms with Gasteiger partial charge in [0.1, 0.15) is 0 Å². The second-order valence-electron chi connectivity index (χ2n) is 3.13. The van der Waals surface area contributed by atoms with Crippen LogP contribution in [0.4, 0.5) is 0 Å². The normalized spacial score (nSPS) is 29.7. The molecule has 0 aromatic heterocycles. The minimum atomic E-state index is 1.01. The molecular formula is C14H17. The lowest BCUT2D eigenvalue weighted by molar-refractivity contribution is 1.02. The van der Waals surface area contributed by atoms with E-state index in [1.165, 1.54) is 0 Å². The van der Waals surface area contributed by atoms with Crippen LogP contribution in [0, 0.1) is 6.08 Å². The molecule has 0 N–H and O–H groups in total. The molecule has 0 spiro atoms. The maximum absolute atomic E-state index is 3.27. The monoisotopic (exact) mass is 185 g/mol. The highest BCUT2D eigenvalue weighted by Crippen LogP contribution is 1.97. The van der Waals surface area contributed by atoms with Crippen molar-refractivity contribution >= 4 is 0 Å². The van der Waals surface area contributed by atoms with Crippen LogP contribution in [0.15, 0.2) is 54.7 Å². The van der Waals surface area contributed by atoms with Crippen LogP contribution in [0.2, 0.25) is 0 Å². The molecule has 0 saturated carbocycles. The van der Waals surface area contributed by atoms with E-state index in [4.69, 9.17) is 0 Å². The Morgan fingerprint density at radius 1 is 0.714 bits per heavy atom. The highest BCUT2D eigenvalue weighted by atomic mass is 13.8. The molecule has 0 saturated heterocycles. The zero-order valence-corrected chi connectivity index (χ0v) is 8.52. The Bertz CT molecular complexity index is 262. The van der Waals surface area contributed by atoms with Crippen molar-refractivity contribution in [1.82, 2.24) is 0 Å². The van der Waals surface area contributed by atoms with Crippen molar-refractivity contribution in [2.75, 3.05) is 0 Å². The molecule has 1 radical (unpaired) electrons. The maximum atomic E-state index is 3.27.